The molecule has 4 rings (SSSR count). The fourth-order valence-corrected chi connectivity index (χ4v) is 4.53. The number of aliphatic carboxylic acids is 1. The summed E-state index contributed by atoms with van der Waals surface area (Å²) in [5, 5.41) is 16.0. The summed E-state index contributed by atoms with van der Waals surface area (Å²) in [6, 6.07) is 0.417. The van der Waals surface area contributed by atoms with Crippen molar-refractivity contribution in [2.75, 3.05) is 35.7 Å². The van der Waals surface area contributed by atoms with Gasteiger partial charge < -0.3 is 25.4 Å². The fourth-order valence-electron chi connectivity index (χ4n) is 4.53. The van der Waals surface area contributed by atoms with Crippen molar-refractivity contribution in [1.82, 2.24) is 9.97 Å². The third kappa shape index (κ3) is 4.22. The van der Waals surface area contributed by atoms with Gasteiger partial charge in [-0.15, -0.1) is 0 Å². The molecular formula is C22H29N5O4. The number of carboxylic acid groups (broad SMARTS) is 1. The highest BCUT2D eigenvalue weighted by Gasteiger charge is 2.36. The van der Waals surface area contributed by atoms with Gasteiger partial charge in [-0.2, -0.15) is 4.98 Å². The Morgan fingerprint density at radius 3 is 2.74 bits per heavy atom. The molecule has 1 saturated carbocycles. The van der Waals surface area contributed by atoms with Gasteiger partial charge in [0.15, 0.2) is 17.5 Å². The number of hydrogen-bond acceptors (Lipinski definition) is 8. The van der Waals surface area contributed by atoms with Crippen molar-refractivity contribution in [3.63, 3.8) is 0 Å². The van der Waals surface area contributed by atoms with Gasteiger partial charge in [0.1, 0.15) is 5.76 Å². The number of aromatic nitrogens is 2. The van der Waals surface area contributed by atoms with Crippen molar-refractivity contribution in [1.29, 1.82) is 0 Å². The van der Waals surface area contributed by atoms with Crippen LogP contribution in [0.3, 0.4) is 0 Å². The largest absolute Gasteiger partial charge is 0.495 e. The van der Waals surface area contributed by atoms with E-state index in [9.17, 15) is 14.7 Å². The van der Waals surface area contributed by atoms with E-state index < -0.39 is 17.7 Å². The molecule has 1 fully saturated rings. The van der Waals surface area contributed by atoms with Crippen molar-refractivity contribution in [3.8, 4) is 0 Å². The zero-order valence-electron chi connectivity index (χ0n) is 18.1. The number of nitrogens with one attached hydrogen (secondary N) is 2. The molecule has 0 radical (unpaired) electrons. The molecule has 31 heavy (non-hydrogen) atoms. The molecule has 1 aromatic rings. The lowest BCUT2D eigenvalue weighted by Crippen LogP contribution is -2.41. The Balaban J connectivity index is 1.71. The highest BCUT2D eigenvalue weighted by Crippen LogP contribution is 2.37. The maximum Gasteiger partial charge on any atom is 0.320 e. The normalized spacial score (nSPS) is 23.3. The van der Waals surface area contributed by atoms with Crippen LogP contribution >= 0.6 is 0 Å². The van der Waals surface area contributed by atoms with Crippen LogP contribution in [0.5, 0.6) is 0 Å². The van der Waals surface area contributed by atoms with Crippen LogP contribution in [-0.2, 0) is 14.3 Å². The number of carbonyl (C=O) groups is 2. The van der Waals surface area contributed by atoms with Crippen LogP contribution in [0, 0.1) is 11.3 Å². The van der Waals surface area contributed by atoms with E-state index in [-0.39, 0.29) is 22.8 Å². The molecule has 1 atom stereocenters. The first-order chi connectivity index (χ1) is 14.8. The Hall–Kier alpha value is -3.10. The fraction of sp³-hybridized carbons (Fsp3) is 0.545. The predicted octanol–water partition coefficient (Wildman–Crippen LogP) is 2.79. The summed E-state index contributed by atoms with van der Waals surface area (Å²) in [6.45, 7) is 6.12. The maximum absolute atomic E-state index is 12.2. The average molecular weight is 428 g/mol. The Morgan fingerprint density at radius 2 is 2.06 bits per heavy atom. The molecule has 1 aromatic heterocycles. The van der Waals surface area contributed by atoms with Crippen molar-refractivity contribution in [2.45, 2.75) is 45.6 Å². The van der Waals surface area contributed by atoms with E-state index in [1.54, 1.807) is 6.20 Å². The predicted molar refractivity (Wildman–Crippen MR) is 117 cm³/mol. The minimum atomic E-state index is -1.38. The van der Waals surface area contributed by atoms with E-state index in [0.717, 1.165) is 37.4 Å². The zero-order chi connectivity index (χ0) is 22.2. The Labute approximate surface area is 181 Å². The second kappa shape index (κ2) is 8.20. The molecule has 0 saturated heterocycles. The number of anilines is 3. The molecule has 1 aliphatic heterocycles. The molecule has 9 heteroatoms. The van der Waals surface area contributed by atoms with Gasteiger partial charge >= 0.3 is 5.97 Å². The van der Waals surface area contributed by atoms with Gasteiger partial charge in [0.25, 0.3) is 0 Å². The second-order valence-corrected chi connectivity index (χ2v) is 9.13. The number of carboxylic acids is 1. The summed E-state index contributed by atoms with van der Waals surface area (Å²) in [7, 11) is 1.43. The molecule has 0 bridgehead atoms. The summed E-state index contributed by atoms with van der Waals surface area (Å²) >= 11 is 0. The summed E-state index contributed by atoms with van der Waals surface area (Å²) < 4.78 is 5.30. The molecule has 9 nitrogen and oxygen atoms in total. The van der Waals surface area contributed by atoms with Crippen molar-refractivity contribution < 1.29 is 19.4 Å². The summed E-state index contributed by atoms with van der Waals surface area (Å²) in [5.41, 5.74) is 1.05. The van der Waals surface area contributed by atoms with E-state index in [0.29, 0.717) is 6.04 Å². The lowest BCUT2D eigenvalue weighted by Gasteiger charge is -2.35. The van der Waals surface area contributed by atoms with E-state index in [1.165, 1.54) is 32.1 Å². The molecule has 2 aliphatic carbocycles. The Bertz CT molecular complexity index is 949. The summed E-state index contributed by atoms with van der Waals surface area (Å²) in [5.74, 6) is -1.84. The standard InChI is InChI=1S/C22H29N5O4/c1-22(2)11-24-14-10-23-21(26-19(14)27(12-22)13-6-4-5-7-13)25-18-16(31-3)9-8-15(28)17(18)20(29)30/h8-10,13,17,24H,4-7,11-12H2,1-3H3,(H,29,30)(H,23,25,26). The molecule has 0 aromatic carbocycles. The highest BCUT2D eigenvalue weighted by atomic mass is 16.5. The lowest BCUT2D eigenvalue weighted by molar-refractivity contribution is -0.143. The van der Waals surface area contributed by atoms with Gasteiger partial charge in [0, 0.05) is 19.1 Å². The first-order valence-electron chi connectivity index (χ1n) is 10.7. The van der Waals surface area contributed by atoms with Gasteiger partial charge in [0.05, 0.1) is 24.7 Å². The van der Waals surface area contributed by atoms with Crippen molar-refractivity contribution in [2.24, 2.45) is 11.3 Å². The number of rotatable bonds is 5. The van der Waals surface area contributed by atoms with Crippen LogP contribution in [0.1, 0.15) is 39.5 Å². The SMILES string of the molecule is COC1=C(Nc2ncc3c(n2)N(C2CCCC2)CC(C)(C)CN3)C(C(=O)O)C(=O)C=C1. The Morgan fingerprint density at radius 1 is 1.32 bits per heavy atom. The molecular weight excluding hydrogens is 398 g/mol. The quantitative estimate of drug-likeness (QED) is 0.610. The summed E-state index contributed by atoms with van der Waals surface area (Å²) in [4.78, 5) is 35.5. The minimum absolute atomic E-state index is 0.0532. The van der Waals surface area contributed by atoms with Crippen molar-refractivity contribution >= 4 is 29.2 Å². The van der Waals surface area contributed by atoms with E-state index in [2.05, 4.69) is 34.4 Å². The topological polar surface area (TPSA) is 117 Å². The van der Waals surface area contributed by atoms with Crippen molar-refractivity contribution in [3.05, 3.63) is 29.8 Å². The third-order valence-electron chi connectivity index (χ3n) is 6.11. The Kier molecular flexibility index (Phi) is 5.60. The number of ether oxygens (including phenoxy) is 1. The zero-order valence-corrected chi connectivity index (χ0v) is 18.1. The average Bonchev–Trinajstić information content (AvgIpc) is 3.21. The number of methoxy groups -OCH3 is 1. The molecule has 2 heterocycles. The van der Waals surface area contributed by atoms with E-state index in [1.807, 2.05) is 0 Å². The molecule has 0 spiro atoms. The number of hydrogen-bond donors (Lipinski definition) is 3. The van der Waals surface area contributed by atoms with E-state index >= 15 is 0 Å². The molecule has 0 amide bonds. The van der Waals surface area contributed by atoms with Crippen LogP contribution in [-0.4, -0.2) is 53.1 Å². The first kappa shape index (κ1) is 21.1. The van der Waals surface area contributed by atoms with Gasteiger partial charge in [-0.05, 0) is 30.4 Å². The van der Waals surface area contributed by atoms with Gasteiger partial charge in [-0.1, -0.05) is 26.7 Å². The number of ketones is 1. The number of carbonyl (C=O) groups excluding carboxylic acids is 1. The van der Waals surface area contributed by atoms with Gasteiger partial charge in [-0.3, -0.25) is 9.59 Å². The number of allylic oxidation sites excluding steroid dienone is 2. The third-order valence-corrected chi connectivity index (χ3v) is 6.11. The van der Waals surface area contributed by atoms with Crippen LogP contribution in [0.2, 0.25) is 0 Å². The molecule has 3 N–H and O–H groups in total. The highest BCUT2D eigenvalue weighted by molar-refractivity contribution is 6.08. The minimum Gasteiger partial charge on any atom is -0.495 e. The summed E-state index contributed by atoms with van der Waals surface area (Å²) in [6.07, 6.45) is 9.07. The van der Waals surface area contributed by atoms with Crippen LogP contribution in [0.25, 0.3) is 0 Å². The first-order valence-corrected chi connectivity index (χ1v) is 10.7. The second-order valence-electron chi connectivity index (χ2n) is 9.13. The molecule has 3 aliphatic rings. The molecule has 166 valence electrons. The van der Waals surface area contributed by atoms with Gasteiger partial charge in [0.2, 0.25) is 5.95 Å². The smallest absolute Gasteiger partial charge is 0.320 e. The maximum atomic E-state index is 12.2. The monoisotopic (exact) mass is 427 g/mol. The number of nitrogens with zero attached hydrogens (tertiary/aromatic N) is 3. The van der Waals surface area contributed by atoms with Crippen LogP contribution in [0.15, 0.2) is 29.8 Å². The number of fused-ring (bicyclic) bond motifs is 1. The molecule has 1 unspecified atom stereocenters. The van der Waals surface area contributed by atoms with Gasteiger partial charge in [-0.25, -0.2) is 4.98 Å². The van der Waals surface area contributed by atoms with E-state index in [4.69, 9.17) is 9.72 Å². The van der Waals surface area contributed by atoms with Crippen LogP contribution < -0.4 is 15.5 Å². The van der Waals surface area contributed by atoms with Crippen LogP contribution in [0.4, 0.5) is 17.5 Å². The lowest BCUT2D eigenvalue weighted by atomic mass is 9.92.